The monoisotopic (exact) mass is 353 g/mol. The second-order valence-electron chi connectivity index (χ2n) is 4.86. The Labute approximate surface area is 133 Å². The van der Waals surface area contributed by atoms with Gasteiger partial charge in [0.1, 0.15) is 0 Å². The Morgan fingerprint density at radius 3 is 2.67 bits per heavy atom. The first-order valence-corrected chi connectivity index (χ1v) is 7.38. The molecule has 0 aliphatic carbocycles. The molecule has 0 spiro atoms. The number of halogens is 1. The molecule has 0 radical (unpaired) electrons. The lowest BCUT2D eigenvalue weighted by Crippen LogP contribution is -2.35. The second kappa shape index (κ2) is 8.59. The van der Waals surface area contributed by atoms with Gasteiger partial charge in [0.25, 0.3) is 11.8 Å². The van der Waals surface area contributed by atoms with E-state index < -0.39 is 0 Å². The van der Waals surface area contributed by atoms with Gasteiger partial charge in [-0.05, 0) is 45.3 Å². The van der Waals surface area contributed by atoms with Crippen molar-refractivity contribution in [1.82, 2.24) is 15.5 Å². The topological polar surface area (TPSA) is 61.4 Å². The fraction of sp³-hybridized carbons (Fsp3) is 0.333. The van der Waals surface area contributed by atoms with E-state index in [1.54, 1.807) is 18.2 Å². The summed E-state index contributed by atoms with van der Waals surface area (Å²) in [6.45, 7) is 5.02. The van der Waals surface area contributed by atoms with Crippen molar-refractivity contribution < 1.29 is 9.59 Å². The largest absolute Gasteiger partial charge is 0.351 e. The van der Waals surface area contributed by atoms with Gasteiger partial charge in [0.15, 0.2) is 0 Å². The fourth-order valence-corrected chi connectivity index (χ4v) is 2.00. The van der Waals surface area contributed by atoms with E-state index in [4.69, 9.17) is 0 Å². The number of hydrogen-bond acceptors (Lipinski definition) is 3. The first-order valence-electron chi connectivity index (χ1n) is 6.59. The van der Waals surface area contributed by atoms with Crippen LogP contribution >= 0.6 is 15.9 Å². The van der Waals surface area contributed by atoms with Gasteiger partial charge in [-0.15, -0.1) is 0 Å². The summed E-state index contributed by atoms with van der Waals surface area (Å²) in [6.07, 6.45) is 0.839. The Morgan fingerprint density at radius 2 is 2.05 bits per heavy atom. The summed E-state index contributed by atoms with van der Waals surface area (Å²) in [5.74, 6) is -0.721. The van der Waals surface area contributed by atoms with E-state index in [1.165, 1.54) is 0 Å². The third-order valence-electron chi connectivity index (χ3n) is 2.69. The van der Waals surface area contributed by atoms with Crippen LogP contribution in [0.15, 0.2) is 41.0 Å². The first-order chi connectivity index (χ1) is 9.90. The molecule has 0 unspecified atom stereocenters. The molecule has 0 saturated carbocycles. The number of amides is 2. The highest BCUT2D eigenvalue weighted by Crippen LogP contribution is 2.11. The average molecular weight is 354 g/mol. The van der Waals surface area contributed by atoms with Gasteiger partial charge in [-0.25, -0.2) is 0 Å². The van der Waals surface area contributed by atoms with Crippen molar-refractivity contribution in [2.45, 2.75) is 6.42 Å². The molecule has 21 heavy (non-hydrogen) atoms. The van der Waals surface area contributed by atoms with Gasteiger partial charge in [-0.3, -0.25) is 9.59 Å². The molecule has 1 rings (SSSR count). The molecule has 1 aromatic rings. The molecule has 0 saturated heterocycles. The molecule has 0 aromatic heterocycles. The average Bonchev–Trinajstić information content (AvgIpc) is 2.43. The number of carbonyl (C=O) groups is 2. The van der Waals surface area contributed by atoms with Crippen LogP contribution in [0.1, 0.15) is 16.8 Å². The summed E-state index contributed by atoms with van der Waals surface area (Å²) < 4.78 is 0.800. The Kier molecular flexibility index (Phi) is 7.11. The molecule has 2 amide bonds. The zero-order valence-electron chi connectivity index (χ0n) is 12.3. The van der Waals surface area contributed by atoms with Crippen molar-refractivity contribution in [2.24, 2.45) is 0 Å². The SMILES string of the molecule is C=C(NC(=O)c1cccc(Br)c1)C(=O)NCCCN(C)C. The highest BCUT2D eigenvalue weighted by Gasteiger charge is 2.12. The van der Waals surface area contributed by atoms with Crippen LogP contribution < -0.4 is 10.6 Å². The summed E-state index contributed by atoms with van der Waals surface area (Å²) in [6, 6.07) is 6.92. The number of rotatable bonds is 7. The predicted octanol–water partition coefficient (Wildman–Crippen LogP) is 1.76. The standard InChI is InChI=1S/C15H20BrN3O2/c1-11(14(20)17-8-5-9-19(2)3)18-15(21)12-6-4-7-13(16)10-12/h4,6-7,10H,1,5,8-9H2,2-3H3,(H,17,20)(H,18,21). The van der Waals surface area contributed by atoms with Gasteiger partial charge >= 0.3 is 0 Å². The minimum Gasteiger partial charge on any atom is -0.351 e. The lowest BCUT2D eigenvalue weighted by atomic mass is 10.2. The van der Waals surface area contributed by atoms with E-state index in [1.807, 2.05) is 25.1 Å². The van der Waals surface area contributed by atoms with Crippen LogP contribution in [-0.2, 0) is 4.79 Å². The Balaban J connectivity index is 2.42. The maximum Gasteiger partial charge on any atom is 0.267 e. The number of nitrogens with one attached hydrogen (secondary N) is 2. The van der Waals surface area contributed by atoms with Gasteiger partial charge in [0.05, 0.1) is 5.70 Å². The lowest BCUT2D eigenvalue weighted by Gasteiger charge is -2.11. The fourth-order valence-electron chi connectivity index (χ4n) is 1.60. The van der Waals surface area contributed by atoms with E-state index in [-0.39, 0.29) is 17.5 Å². The molecule has 2 N–H and O–H groups in total. The van der Waals surface area contributed by atoms with Crippen LogP contribution in [0.2, 0.25) is 0 Å². The number of benzene rings is 1. The van der Waals surface area contributed by atoms with E-state index in [9.17, 15) is 9.59 Å². The molecule has 0 aliphatic heterocycles. The molecule has 0 heterocycles. The summed E-state index contributed by atoms with van der Waals surface area (Å²) in [7, 11) is 3.94. The van der Waals surface area contributed by atoms with Gasteiger partial charge < -0.3 is 15.5 Å². The van der Waals surface area contributed by atoms with Crippen molar-refractivity contribution in [1.29, 1.82) is 0 Å². The van der Waals surface area contributed by atoms with Gasteiger partial charge in [-0.2, -0.15) is 0 Å². The highest BCUT2D eigenvalue weighted by atomic mass is 79.9. The third-order valence-corrected chi connectivity index (χ3v) is 3.19. The highest BCUT2D eigenvalue weighted by molar-refractivity contribution is 9.10. The minimum absolute atomic E-state index is 0.0461. The molecule has 1 aromatic carbocycles. The summed E-state index contributed by atoms with van der Waals surface area (Å²) >= 11 is 3.29. The predicted molar refractivity (Wildman–Crippen MR) is 86.9 cm³/mol. The molecule has 114 valence electrons. The Morgan fingerprint density at radius 1 is 1.33 bits per heavy atom. The van der Waals surface area contributed by atoms with Crippen molar-refractivity contribution >= 4 is 27.7 Å². The second-order valence-corrected chi connectivity index (χ2v) is 5.77. The number of carbonyl (C=O) groups excluding carboxylic acids is 2. The normalized spacial score (nSPS) is 10.3. The first kappa shape index (κ1) is 17.4. The van der Waals surface area contributed by atoms with E-state index in [0.717, 1.165) is 17.4 Å². The molecule has 0 atom stereocenters. The van der Waals surface area contributed by atoms with Gasteiger partial charge in [0, 0.05) is 16.6 Å². The maximum absolute atomic E-state index is 12.0. The van der Waals surface area contributed by atoms with E-state index in [2.05, 4.69) is 33.1 Å². The maximum atomic E-state index is 12.0. The number of hydrogen-bond donors (Lipinski definition) is 2. The zero-order chi connectivity index (χ0) is 15.8. The van der Waals surface area contributed by atoms with Crippen molar-refractivity contribution in [2.75, 3.05) is 27.2 Å². The zero-order valence-corrected chi connectivity index (χ0v) is 13.9. The molecule has 0 aliphatic rings. The van der Waals surface area contributed by atoms with Crippen LogP contribution in [0, 0.1) is 0 Å². The van der Waals surface area contributed by atoms with Crippen molar-refractivity contribution in [3.63, 3.8) is 0 Å². The van der Waals surface area contributed by atoms with Crippen LogP contribution in [-0.4, -0.2) is 43.9 Å². The van der Waals surface area contributed by atoms with Gasteiger partial charge in [0.2, 0.25) is 0 Å². The molecule has 6 heteroatoms. The van der Waals surface area contributed by atoms with Crippen molar-refractivity contribution in [3.8, 4) is 0 Å². The Hall–Kier alpha value is -1.66. The quantitative estimate of drug-likeness (QED) is 0.580. The minimum atomic E-state index is -0.364. The van der Waals surface area contributed by atoms with E-state index >= 15 is 0 Å². The summed E-state index contributed by atoms with van der Waals surface area (Å²) in [5, 5.41) is 5.21. The smallest absolute Gasteiger partial charge is 0.267 e. The van der Waals surface area contributed by atoms with Crippen LogP contribution in [0.3, 0.4) is 0 Å². The van der Waals surface area contributed by atoms with E-state index in [0.29, 0.717) is 12.1 Å². The van der Waals surface area contributed by atoms with Crippen LogP contribution in [0.5, 0.6) is 0 Å². The van der Waals surface area contributed by atoms with Gasteiger partial charge in [-0.1, -0.05) is 28.6 Å². The summed E-state index contributed by atoms with van der Waals surface area (Å²) in [4.78, 5) is 25.8. The summed E-state index contributed by atoms with van der Waals surface area (Å²) in [5.41, 5.74) is 0.510. The molecule has 0 fully saturated rings. The molecular formula is C15H20BrN3O2. The lowest BCUT2D eigenvalue weighted by molar-refractivity contribution is -0.117. The Bertz CT molecular complexity index is 529. The number of nitrogens with zero attached hydrogens (tertiary/aromatic N) is 1. The van der Waals surface area contributed by atoms with Crippen LogP contribution in [0.25, 0.3) is 0 Å². The molecule has 0 bridgehead atoms. The van der Waals surface area contributed by atoms with Crippen molar-refractivity contribution in [3.05, 3.63) is 46.6 Å². The molecular weight excluding hydrogens is 334 g/mol. The third kappa shape index (κ3) is 6.55. The molecule has 5 nitrogen and oxygen atoms in total. The van der Waals surface area contributed by atoms with Crippen LogP contribution in [0.4, 0.5) is 0 Å².